The van der Waals surface area contributed by atoms with E-state index in [2.05, 4.69) is 19.1 Å². The van der Waals surface area contributed by atoms with Gasteiger partial charge in [0, 0.05) is 12.0 Å². The Morgan fingerprint density at radius 3 is 3.00 bits per heavy atom. The highest BCUT2D eigenvalue weighted by Crippen LogP contribution is 2.31. The molecule has 0 fully saturated rings. The quantitative estimate of drug-likeness (QED) is 0.765. The summed E-state index contributed by atoms with van der Waals surface area (Å²) in [5.41, 5.74) is 9.85. The van der Waals surface area contributed by atoms with Gasteiger partial charge in [0.2, 0.25) is 0 Å². The molecule has 1 aromatic carbocycles. The molecular formula is C13H19NO. The van der Waals surface area contributed by atoms with E-state index in [0.29, 0.717) is 0 Å². The van der Waals surface area contributed by atoms with Crippen molar-refractivity contribution in [2.24, 2.45) is 5.73 Å². The van der Waals surface area contributed by atoms with Crippen LogP contribution in [0.15, 0.2) is 12.1 Å². The van der Waals surface area contributed by atoms with Crippen molar-refractivity contribution in [2.75, 3.05) is 13.2 Å². The summed E-state index contributed by atoms with van der Waals surface area (Å²) in [5.74, 6) is 1.10. The van der Waals surface area contributed by atoms with Crippen LogP contribution in [0.2, 0.25) is 0 Å². The molecule has 1 aromatic rings. The smallest absolute Gasteiger partial charge is 0.122 e. The van der Waals surface area contributed by atoms with Crippen LogP contribution in [0, 0.1) is 6.92 Å². The maximum Gasteiger partial charge on any atom is 0.122 e. The van der Waals surface area contributed by atoms with Crippen LogP contribution in [-0.2, 0) is 12.8 Å². The molecule has 2 nitrogen and oxygen atoms in total. The zero-order valence-electron chi connectivity index (χ0n) is 9.38. The van der Waals surface area contributed by atoms with Gasteiger partial charge in [-0.05, 0) is 49.9 Å². The summed E-state index contributed by atoms with van der Waals surface area (Å²) in [7, 11) is 0. The molecule has 2 N–H and O–H groups in total. The van der Waals surface area contributed by atoms with Crippen LogP contribution in [0.4, 0.5) is 0 Å². The molecule has 15 heavy (non-hydrogen) atoms. The lowest BCUT2D eigenvalue weighted by molar-refractivity contribution is 0.357. The zero-order valence-corrected chi connectivity index (χ0v) is 9.38. The van der Waals surface area contributed by atoms with E-state index in [1.165, 1.54) is 23.1 Å². The highest BCUT2D eigenvalue weighted by atomic mass is 16.5. The van der Waals surface area contributed by atoms with Crippen molar-refractivity contribution in [1.82, 2.24) is 0 Å². The first-order valence-electron chi connectivity index (χ1n) is 5.77. The molecule has 1 aliphatic heterocycles. The molecule has 0 saturated heterocycles. The molecule has 0 amide bonds. The largest absolute Gasteiger partial charge is 0.493 e. The van der Waals surface area contributed by atoms with Gasteiger partial charge >= 0.3 is 0 Å². The third-order valence-electron chi connectivity index (χ3n) is 3.11. The van der Waals surface area contributed by atoms with Gasteiger partial charge in [0.05, 0.1) is 6.61 Å². The third-order valence-corrected chi connectivity index (χ3v) is 3.11. The molecular weight excluding hydrogens is 186 g/mol. The second kappa shape index (κ2) is 4.67. The number of hydrogen-bond donors (Lipinski definition) is 1. The lowest BCUT2D eigenvalue weighted by atomic mass is 9.95. The summed E-state index contributed by atoms with van der Waals surface area (Å²) in [5, 5.41) is 0. The summed E-state index contributed by atoms with van der Waals surface area (Å²) in [4.78, 5) is 0. The summed E-state index contributed by atoms with van der Waals surface area (Å²) in [6.45, 7) is 3.84. The van der Waals surface area contributed by atoms with Gasteiger partial charge in [-0.1, -0.05) is 6.07 Å². The molecule has 0 saturated carbocycles. The first-order chi connectivity index (χ1) is 7.33. The molecule has 2 heteroatoms. The van der Waals surface area contributed by atoms with Crippen molar-refractivity contribution >= 4 is 0 Å². The van der Waals surface area contributed by atoms with E-state index in [-0.39, 0.29) is 0 Å². The van der Waals surface area contributed by atoms with Crippen LogP contribution in [0.25, 0.3) is 0 Å². The van der Waals surface area contributed by atoms with Crippen LogP contribution in [-0.4, -0.2) is 13.2 Å². The highest BCUT2D eigenvalue weighted by Gasteiger charge is 2.16. The molecule has 0 bridgehead atoms. The number of hydrogen-bond acceptors (Lipinski definition) is 2. The molecule has 0 radical (unpaired) electrons. The fourth-order valence-corrected chi connectivity index (χ4v) is 2.26. The van der Waals surface area contributed by atoms with E-state index in [1.807, 2.05) is 0 Å². The number of benzene rings is 1. The summed E-state index contributed by atoms with van der Waals surface area (Å²) < 4.78 is 5.58. The molecule has 82 valence electrons. The number of fused-ring (bicyclic) bond motifs is 1. The van der Waals surface area contributed by atoms with Crippen LogP contribution in [0.3, 0.4) is 0 Å². The molecule has 0 unspecified atom stereocenters. The monoisotopic (exact) mass is 205 g/mol. The van der Waals surface area contributed by atoms with Crippen molar-refractivity contribution < 1.29 is 4.74 Å². The van der Waals surface area contributed by atoms with Crippen molar-refractivity contribution in [1.29, 1.82) is 0 Å². The second-order valence-electron chi connectivity index (χ2n) is 4.18. The van der Waals surface area contributed by atoms with Gasteiger partial charge in [-0.2, -0.15) is 0 Å². The number of ether oxygens (including phenoxy) is 1. The van der Waals surface area contributed by atoms with E-state index in [9.17, 15) is 0 Å². The van der Waals surface area contributed by atoms with Crippen LogP contribution in [0.5, 0.6) is 5.75 Å². The first kappa shape index (κ1) is 10.5. The minimum atomic E-state index is 0.796. The molecule has 2 rings (SSSR count). The fraction of sp³-hybridized carbons (Fsp3) is 0.538. The summed E-state index contributed by atoms with van der Waals surface area (Å²) >= 11 is 0. The van der Waals surface area contributed by atoms with Crippen LogP contribution in [0.1, 0.15) is 29.5 Å². The molecule has 0 spiro atoms. The fourth-order valence-electron chi connectivity index (χ4n) is 2.26. The zero-order chi connectivity index (χ0) is 10.7. The molecule has 1 aliphatic rings. The Hall–Kier alpha value is -1.02. The van der Waals surface area contributed by atoms with E-state index in [4.69, 9.17) is 10.5 Å². The average Bonchev–Trinajstić information content (AvgIpc) is 2.69. The topological polar surface area (TPSA) is 35.2 Å². The Morgan fingerprint density at radius 2 is 2.20 bits per heavy atom. The predicted molar refractivity (Wildman–Crippen MR) is 62.4 cm³/mol. The molecule has 1 heterocycles. The Kier molecular flexibility index (Phi) is 3.27. The molecule has 0 aliphatic carbocycles. The van der Waals surface area contributed by atoms with E-state index < -0.39 is 0 Å². The Labute approximate surface area is 91.4 Å². The average molecular weight is 205 g/mol. The number of unbranched alkanes of at least 4 members (excludes halogenated alkanes) is 1. The van der Waals surface area contributed by atoms with Gasteiger partial charge in [-0.25, -0.2) is 0 Å². The Bertz CT molecular complexity index is 347. The minimum absolute atomic E-state index is 0.796. The van der Waals surface area contributed by atoms with E-state index in [1.54, 1.807) is 0 Å². The van der Waals surface area contributed by atoms with Crippen molar-refractivity contribution in [3.05, 3.63) is 28.8 Å². The Morgan fingerprint density at radius 1 is 1.33 bits per heavy atom. The maximum absolute atomic E-state index is 5.58. The lowest BCUT2D eigenvalue weighted by Crippen LogP contribution is -2.01. The number of nitrogens with two attached hydrogens (primary N) is 1. The highest BCUT2D eigenvalue weighted by molar-refractivity contribution is 5.46. The maximum atomic E-state index is 5.58. The first-order valence-corrected chi connectivity index (χ1v) is 5.77. The Balaban J connectivity index is 2.17. The van der Waals surface area contributed by atoms with Gasteiger partial charge in [0.15, 0.2) is 0 Å². The molecule has 0 atom stereocenters. The summed E-state index contributed by atoms with van der Waals surface area (Å²) in [6.07, 6.45) is 4.53. The normalized spacial score (nSPS) is 13.7. The van der Waals surface area contributed by atoms with Crippen molar-refractivity contribution in [2.45, 2.75) is 32.6 Å². The minimum Gasteiger partial charge on any atom is -0.493 e. The van der Waals surface area contributed by atoms with Crippen LogP contribution >= 0.6 is 0 Å². The van der Waals surface area contributed by atoms with Crippen molar-refractivity contribution in [3.63, 3.8) is 0 Å². The van der Waals surface area contributed by atoms with Gasteiger partial charge in [0.25, 0.3) is 0 Å². The summed E-state index contributed by atoms with van der Waals surface area (Å²) in [6, 6.07) is 4.27. The third kappa shape index (κ3) is 2.15. The number of aryl methyl sites for hydroxylation is 1. The number of rotatable bonds is 4. The predicted octanol–water partition coefficient (Wildman–Crippen LogP) is 2.21. The van der Waals surface area contributed by atoms with Gasteiger partial charge in [-0.15, -0.1) is 0 Å². The van der Waals surface area contributed by atoms with Gasteiger partial charge < -0.3 is 10.5 Å². The van der Waals surface area contributed by atoms with E-state index in [0.717, 1.165) is 38.2 Å². The van der Waals surface area contributed by atoms with Gasteiger partial charge in [-0.3, -0.25) is 0 Å². The van der Waals surface area contributed by atoms with Crippen LogP contribution < -0.4 is 10.5 Å². The van der Waals surface area contributed by atoms with Gasteiger partial charge in [0.1, 0.15) is 5.75 Å². The SMILES string of the molecule is Cc1ccc2c(c1CCCCN)CCO2. The molecule has 0 aromatic heterocycles. The standard InChI is InChI=1S/C13H19NO/c1-10-5-6-13-12(7-9-15-13)11(10)4-2-3-8-14/h5-6H,2-4,7-9,14H2,1H3. The van der Waals surface area contributed by atoms with Crippen molar-refractivity contribution in [3.8, 4) is 5.75 Å². The van der Waals surface area contributed by atoms with E-state index >= 15 is 0 Å². The second-order valence-corrected chi connectivity index (χ2v) is 4.18. The lowest BCUT2D eigenvalue weighted by Gasteiger charge is -2.10.